The van der Waals surface area contributed by atoms with Gasteiger partial charge in [0.15, 0.2) is 12.6 Å². The summed E-state index contributed by atoms with van der Waals surface area (Å²) in [5.41, 5.74) is 0. The monoisotopic (exact) mass is 534 g/mol. The summed E-state index contributed by atoms with van der Waals surface area (Å²) in [6, 6.07) is 0. The Morgan fingerprint density at radius 2 is 0.816 bits per heavy atom. The third-order valence-corrected chi connectivity index (χ3v) is 8.69. The van der Waals surface area contributed by atoms with Gasteiger partial charge in [0.1, 0.15) is 0 Å². The summed E-state index contributed by atoms with van der Waals surface area (Å²) in [6.07, 6.45) is 5.66. The van der Waals surface area contributed by atoms with Crippen molar-refractivity contribution in [3.63, 3.8) is 0 Å². The highest BCUT2D eigenvalue weighted by Crippen LogP contribution is 2.36. The van der Waals surface area contributed by atoms with Crippen molar-refractivity contribution in [1.29, 1.82) is 0 Å². The minimum Gasteiger partial charge on any atom is -0.377 e. The molecule has 0 aromatic carbocycles. The van der Waals surface area contributed by atoms with Crippen molar-refractivity contribution in [2.45, 2.75) is 89.0 Å². The van der Waals surface area contributed by atoms with Crippen LogP contribution in [0.25, 0.3) is 0 Å². The van der Waals surface area contributed by atoms with E-state index in [0.717, 1.165) is 64.2 Å². The molecule has 0 radical (unpaired) electrons. The molecule has 0 bridgehead atoms. The van der Waals surface area contributed by atoms with Gasteiger partial charge >= 0.3 is 0 Å². The molecule has 8 nitrogen and oxygen atoms in total. The SMILES string of the molecule is OC(O)C1CCC(C#CC2CCC(C#CC3CCC(C(O)O)CC3)C3OCCOCCOCCOC23)CC1. The molecule has 0 amide bonds. The van der Waals surface area contributed by atoms with Crippen LogP contribution in [0.2, 0.25) is 0 Å². The number of hydrogen-bond donors (Lipinski definition) is 4. The van der Waals surface area contributed by atoms with Gasteiger partial charge in [-0.3, -0.25) is 0 Å². The molecule has 0 aromatic rings. The summed E-state index contributed by atoms with van der Waals surface area (Å²) < 4.78 is 24.1. The maximum atomic E-state index is 9.48. The quantitative estimate of drug-likeness (QED) is 0.314. The third-order valence-electron chi connectivity index (χ3n) is 8.69. The van der Waals surface area contributed by atoms with E-state index in [4.69, 9.17) is 18.9 Å². The maximum Gasteiger partial charge on any atom is 0.154 e. The minimum absolute atomic E-state index is 0.0412. The van der Waals surface area contributed by atoms with Crippen molar-refractivity contribution in [1.82, 2.24) is 0 Å². The zero-order valence-corrected chi connectivity index (χ0v) is 22.5. The highest BCUT2D eigenvalue weighted by Gasteiger charge is 2.40. The van der Waals surface area contributed by atoms with Crippen molar-refractivity contribution < 1.29 is 39.4 Å². The summed E-state index contributed by atoms with van der Waals surface area (Å²) in [4.78, 5) is 0. The van der Waals surface area contributed by atoms with Crippen LogP contribution in [-0.4, -0.2) is 84.9 Å². The number of rotatable bonds is 2. The average Bonchev–Trinajstić information content (AvgIpc) is 2.92. The molecule has 1 saturated heterocycles. The number of aliphatic hydroxyl groups is 4. The fourth-order valence-corrected chi connectivity index (χ4v) is 6.26. The summed E-state index contributed by atoms with van der Waals surface area (Å²) in [5, 5.41) is 37.9. The van der Waals surface area contributed by atoms with Crippen LogP contribution in [0.3, 0.4) is 0 Å². The van der Waals surface area contributed by atoms with Gasteiger partial charge in [-0.1, -0.05) is 23.7 Å². The van der Waals surface area contributed by atoms with E-state index in [9.17, 15) is 20.4 Å². The van der Waals surface area contributed by atoms with Gasteiger partial charge in [0.25, 0.3) is 0 Å². The van der Waals surface area contributed by atoms with Gasteiger partial charge in [-0.05, 0) is 64.2 Å². The molecule has 4 unspecified atom stereocenters. The van der Waals surface area contributed by atoms with Crippen molar-refractivity contribution in [2.75, 3.05) is 39.6 Å². The topological polar surface area (TPSA) is 118 Å². The molecule has 38 heavy (non-hydrogen) atoms. The van der Waals surface area contributed by atoms with Crippen molar-refractivity contribution >= 4 is 0 Å². The Bertz CT molecular complexity index is 740. The number of ether oxygens (including phenoxy) is 4. The first kappa shape index (κ1) is 29.8. The zero-order valence-electron chi connectivity index (χ0n) is 22.5. The van der Waals surface area contributed by atoms with E-state index in [1.165, 1.54) is 0 Å². The smallest absolute Gasteiger partial charge is 0.154 e. The summed E-state index contributed by atoms with van der Waals surface area (Å²) in [7, 11) is 0. The van der Waals surface area contributed by atoms with Crippen molar-refractivity contribution in [2.24, 2.45) is 35.5 Å². The molecule has 1 aliphatic heterocycles. The normalized spacial score (nSPS) is 37.5. The standard InChI is InChI=1S/C30H46O8/c31-29(32)25-9-3-21(4-10-25)1-7-23-13-14-24(8-2-22-5-11-26(12-6-22)30(33)34)28-27(23)37-19-17-35-15-16-36-18-20-38-28/h21-34H,3-6,9-20H2. The number of aliphatic hydroxyl groups excluding tert-OH is 2. The third kappa shape index (κ3) is 8.91. The Morgan fingerprint density at radius 3 is 1.18 bits per heavy atom. The van der Waals surface area contributed by atoms with E-state index in [1.807, 2.05) is 0 Å². The Kier molecular flexibility index (Phi) is 12.2. The highest BCUT2D eigenvalue weighted by atomic mass is 16.6. The lowest BCUT2D eigenvalue weighted by molar-refractivity contribution is -0.141. The molecule has 0 spiro atoms. The van der Waals surface area contributed by atoms with Gasteiger partial charge in [0, 0.05) is 35.5 Å². The van der Waals surface area contributed by atoms with Crippen LogP contribution < -0.4 is 0 Å². The van der Waals surface area contributed by atoms with Crippen molar-refractivity contribution in [3.8, 4) is 23.7 Å². The molecular formula is C30H46O8. The van der Waals surface area contributed by atoms with E-state index in [-0.39, 0.29) is 47.7 Å². The van der Waals surface area contributed by atoms with Gasteiger partial charge in [-0.15, -0.1) is 0 Å². The molecule has 4 rings (SSSR count). The lowest BCUT2D eigenvalue weighted by Crippen LogP contribution is -2.47. The van der Waals surface area contributed by atoms with Gasteiger partial charge in [-0.25, -0.2) is 0 Å². The molecular weight excluding hydrogens is 488 g/mol. The van der Waals surface area contributed by atoms with Crippen LogP contribution in [0.5, 0.6) is 0 Å². The number of hydrogen-bond acceptors (Lipinski definition) is 8. The lowest BCUT2D eigenvalue weighted by Gasteiger charge is -2.39. The van der Waals surface area contributed by atoms with Gasteiger partial charge in [0.2, 0.25) is 0 Å². The van der Waals surface area contributed by atoms with Gasteiger partial charge < -0.3 is 39.4 Å². The minimum atomic E-state index is -1.23. The average molecular weight is 535 g/mol. The van der Waals surface area contributed by atoms with Gasteiger partial charge in [0.05, 0.1) is 51.8 Å². The lowest BCUT2D eigenvalue weighted by atomic mass is 9.76. The van der Waals surface area contributed by atoms with Crippen molar-refractivity contribution in [3.05, 3.63) is 0 Å². The second kappa shape index (κ2) is 15.6. The predicted octanol–water partition coefficient (Wildman–Crippen LogP) is 2.07. The van der Waals surface area contributed by atoms with Crippen LogP contribution in [0, 0.1) is 59.2 Å². The largest absolute Gasteiger partial charge is 0.377 e. The van der Waals surface area contributed by atoms with E-state index < -0.39 is 12.6 Å². The van der Waals surface area contributed by atoms with Crippen LogP contribution in [0.15, 0.2) is 0 Å². The Hall–Kier alpha value is -1.20. The second-order valence-corrected chi connectivity index (χ2v) is 11.3. The maximum absolute atomic E-state index is 9.48. The van der Waals surface area contributed by atoms with Crippen LogP contribution in [0.1, 0.15) is 64.2 Å². The molecule has 3 aliphatic carbocycles. The Balaban J connectivity index is 1.43. The molecule has 0 aromatic heterocycles. The summed E-state index contributed by atoms with van der Waals surface area (Å²) >= 11 is 0. The van der Waals surface area contributed by atoms with E-state index in [0.29, 0.717) is 39.6 Å². The molecule has 4 atom stereocenters. The summed E-state index contributed by atoms with van der Waals surface area (Å²) in [5.74, 6) is 14.6. The number of fused-ring (bicyclic) bond motifs is 1. The predicted molar refractivity (Wildman–Crippen MR) is 140 cm³/mol. The first-order valence-electron chi connectivity index (χ1n) is 14.6. The van der Waals surface area contributed by atoms with Gasteiger partial charge in [-0.2, -0.15) is 0 Å². The van der Waals surface area contributed by atoms with E-state index in [1.54, 1.807) is 0 Å². The Morgan fingerprint density at radius 1 is 0.447 bits per heavy atom. The molecule has 214 valence electrons. The molecule has 4 aliphatic rings. The van der Waals surface area contributed by atoms with Crippen LogP contribution in [0.4, 0.5) is 0 Å². The first-order valence-corrected chi connectivity index (χ1v) is 14.6. The van der Waals surface area contributed by atoms with Crippen LogP contribution in [-0.2, 0) is 18.9 Å². The summed E-state index contributed by atoms with van der Waals surface area (Å²) in [6.45, 7) is 3.00. The molecule has 4 N–H and O–H groups in total. The second-order valence-electron chi connectivity index (χ2n) is 11.3. The highest BCUT2D eigenvalue weighted by molar-refractivity contribution is 5.17. The molecule has 1 heterocycles. The van der Waals surface area contributed by atoms with E-state index in [2.05, 4.69) is 23.7 Å². The zero-order chi connectivity index (χ0) is 26.7. The Labute approximate surface area is 227 Å². The molecule has 3 saturated carbocycles. The molecule has 4 fully saturated rings. The van der Waals surface area contributed by atoms with E-state index >= 15 is 0 Å². The fourth-order valence-electron chi connectivity index (χ4n) is 6.26. The first-order chi connectivity index (χ1) is 18.5. The fraction of sp³-hybridized carbons (Fsp3) is 0.867. The molecule has 8 heteroatoms. The van der Waals surface area contributed by atoms with Crippen LogP contribution >= 0.6 is 0 Å².